The third kappa shape index (κ3) is 5.91. The predicted molar refractivity (Wildman–Crippen MR) is 125 cm³/mol. The fourth-order valence-corrected chi connectivity index (χ4v) is 3.51. The van der Waals surface area contributed by atoms with Gasteiger partial charge < -0.3 is 5.32 Å². The van der Waals surface area contributed by atoms with Crippen LogP contribution in [-0.4, -0.2) is 5.78 Å². The molecule has 0 amide bonds. The van der Waals surface area contributed by atoms with E-state index in [1.165, 1.54) is 5.56 Å². The van der Waals surface area contributed by atoms with Crippen molar-refractivity contribution in [2.24, 2.45) is 0 Å². The number of allylic oxidation sites excluding steroid dienone is 1. The largest absolute Gasteiger partial charge is 0.380 e. The van der Waals surface area contributed by atoms with Crippen LogP contribution in [0.3, 0.4) is 0 Å². The van der Waals surface area contributed by atoms with Gasteiger partial charge in [0, 0.05) is 23.0 Å². The van der Waals surface area contributed by atoms with E-state index < -0.39 is 0 Å². The molecule has 29 heavy (non-hydrogen) atoms. The number of carbonyl (C=O) groups excluding carboxylic acids is 1. The third-order valence-corrected chi connectivity index (χ3v) is 5.32. The average molecular weight is 448 g/mol. The highest BCUT2D eigenvalue weighted by atomic mass is 79.9. The van der Waals surface area contributed by atoms with Crippen molar-refractivity contribution < 1.29 is 4.79 Å². The summed E-state index contributed by atoms with van der Waals surface area (Å²) < 4.78 is 1.02. The van der Waals surface area contributed by atoms with Crippen molar-refractivity contribution in [1.82, 2.24) is 5.32 Å². The van der Waals surface area contributed by atoms with Gasteiger partial charge in [0.15, 0.2) is 5.78 Å². The van der Waals surface area contributed by atoms with Crippen LogP contribution >= 0.6 is 15.9 Å². The van der Waals surface area contributed by atoms with Crippen molar-refractivity contribution in [2.45, 2.75) is 32.7 Å². The Bertz CT molecular complexity index is 947. The van der Waals surface area contributed by atoms with Crippen LogP contribution in [0, 0.1) is 0 Å². The van der Waals surface area contributed by atoms with Crippen molar-refractivity contribution >= 4 is 33.0 Å². The zero-order valence-corrected chi connectivity index (χ0v) is 18.3. The quantitative estimate of drug-likeness (QED) is 0.286. The molecule has 0 radical (unpaired) electrons. The van der Waals surface area contributed by atoms with Gasteiger partial charge in [0.1, 0.15) is 0 Å². The second-order valence-electron chi connectivity index (χ2n) is 6.99. The van der Waals surface area contributed by atoms with E-state index in [2.05, 4.69) is 40.3 Å². The molecule has 3 aromatic rings. The van der Waals surface area contributed by atoms with Gasteiger partial charge in [0.25, 0.3) is 0 Å². The summed E-state index contributed by atoms with van der Waals surface area (Å²) in [6.45, 7) is 2.77. The Morgan fingerprint density at radius 1 is 0.828 bits per heavy atom. The monoisotopic (exact) mass is 447 g/mol. The summed E-state index contributed by atoms with van der Waals surface area (Å²) in [5, 5.41) is 3.57. The molecule has 3 rings (SSSR count). The Morgan fingerprint density at radius 2 is 1.45 bits per heavy atom. The minimum absolute atomic E-state index is 0.177. The summed E-state index contributed by atoms with van der Waals surface area (Å²) in [5.74, 6) is 0.177. The lowest BCUT2D eigenvalue weighted by atomic mass is 9.93. The molecule has 0 fully saturated rings. The number of nitrogens with one attached hydrogen (secondary N) is 1. The Labute approximate surface area is 181 Å². The molecule has 3 aromatic carbocycles. The lowest BCUT2D eigenvalue weighted by molar-refractivity contribution is -0.113. The number of carbonyl (C=O) groups is 1. The van der Waals surface area contributed by atoms with Gasteiger partial charge in [-0.15, -0.1) is 0 Å². The number of benzene rings is 3. The molecule has 0 spiro atoms. The number of ketones is 1. The van der Waals surface area contributed by atoms with Crippen LogP contribution in [-0.2, 0) is 11.3 Å². The summed E-state index contributed by atoms with van der Waals surface area (Å²) >= 11 is 3.51. The second kappa shape index (κ2) is 10.8. The van der Waals surface area contributed by atoms with Crippen LogP contribution in [0.4, 0.5) is 0 Å². The molecule has 3 heteroatoms. The summed E-state index contributed by atoms with van der Waals surface area (Å²) in [4.78, 5) is 13.3. The molecule has 0 aliphatic heterocycles. The summed E-state index contributed by atoms with van der Waals surface area (Å²) in [6, 6.07) is 28.4. The second-order valence-corrected chi connectivity index (χ2v) is 7.90. The first-order valence-electron chi connectivity index (χ1n) is 10.1. The van der Waals surface area contributed by atoms with Crippen molar-refractivity contribution in [3.05, 3.63) is 106 Å². The number of halogens is 1. The molecule has 0 aliphatic carbocycles. The Morgan fingerprint density at radius 3 is 2.07 bits per heavy atom. The van der Waals surface area contributed by atoms with E-state index in [-0.39, 0.29) is 5.78 Å². The normalized spacial score (nSPS) is 11.7. The lowest BCUT2D eigenvalue weighted by Crippen LogP contribution is -2.17. The van der Waals surface area contributed by atoms with Crippen LogP contribution in [0.1, 0.15) is 42.9 Å². The lowest BCUT2D eigenvalue weighted by Gasteiger charge is -2.18. The fraction of sp³-hybridized carbons (Fsp3) is 0.192. The highest BCUT2D eigenvalue weighted by molar-refractivity contribution is 9.10. The summed E-state index contributed by atoms with van der Waals surface area (Å²) in [6.07, 6.45) is 2.44. The molecule has 0 atom stereocenters. The molecule has 0 heterocycles. The molecule has 148 valence electrons. The molecule has 0 saturated carbocycles. The molecule has 0 aliphatic rings. The van der Waals surface area contributed by atoms with Crippen LogP contribution in [0.5, 0.6) is 0 Å². The standard InChI is InChI=1S/C26H26BrNO/c1-2-3-14-24(29)25(21-12-8-5-9-13-21)26(22-15-17-23(27)18-16-22)28-19-20-10-6-4-7-11-20/h4-13,15-18,28H,2-3,14,19H2,1H3/b26-25+. The zero-order valence-electron chi connectivity index (χ0n) is 16.7. The van der Waals surface area contributed by atoms with E-state index in [1.54, 1.807) is 0 Å². The maximum absolute atomic E-state index is 13.3. The number of Topliss-reactive ketones (excluding diaryl/α,β-unsaturated/α-hetero) is 1. The number of hydrogen-bond donors (Lipinski definition) is 1. The van der Waals surface area contributed by atoms with E-state index in [0.29, 0.717) is 13.0 Å². The highest BCUT2D eigenvalue weighted by Crippen LogP contribution is 2.28. The number of unbranched alkanes of at least 4 members (excludes halogenated alkanes) is 1. The van der Waals surface area contributed by atoms with E-state index >= 15 is 0 Å². The Hall–Kier alpha value is -2.65. The average Bonchev–Trinajstić information content (AvgIpc) is 2.77. The first-order chi connectivity index (χ1) is 14.2. The molecule has 0 unspecified atom stereocenters. The fourth-order valence-electron chi connectivity index (χ4n) is 3.25. The van der Waals surface area contributed by atoms with E-state index in [4.69, 9.17) is 0 Å². The van der Waals surface area contributed by atoms with Gasteiger partial charge in [-0.2, -0.15) is 0 Å². The van der Waals surface area contributed by atoms with Gasteiger partial charge in [-0.1, -0.05) is 102 Å². The highest BCUT2D eigenvalue weighted by Gasteiger charge is 2.18. The van der Waals surface area contributed by atoms with Gasteiger partial charge in [-0.25, -0.2) is 0 Å². The van der Waals surface area contributed by atoms with Gasteiger partial charge in [-0.05, 0) is 35.2 Å². The maximum Gasteiger partial charge on any atom is 0.165 e. The molecule has 1 N–H and O–H groups in total. The zero-order chi connectivity index (χ0) is 20.5. The number of hydrogen-bond acceptors (Lipinski definition) is 2. The number of rotatable bonds is 9. The van der Waals surface area contributed by atoms with Gasteiger partial charge in [0.05, 0.1) is 5.70 Å². The minimum atomic E-state index is 0.177. The van der Waals surface area contributed by atoms with Crippen LogP contribution in [0.2, 0.25) is 0 Å². The molecule has 0 aromatic heterocycles. The van der Waals surface area contributed by atoms with E-state index in [1.807, 2.05) is 72.8 Å². The van der Waals surface area contributed by atoms with Crippen molar-refractivity contribution in [3.63, 3.8) is 0 Å². The molecular weight excluding hydrogens is 422 g/mol. The van der Waals surface area contributed by atoms with Crippen molar-refractivity contribution in [3.8, 4) is 0 Å². The van der Waals surface area contributed by atoms with Crippen molar-refractivity contribution in [1.29, 1.82) is 0 Å². The van der Waals surface area contributed by atoms with E-state index in [0.717, 1.165) is 39.7 Å². The van der Waals surface area contributed by atoms with Gasteiger partial charge in [0.2, 0.25) is 0 Å². The summed E-state index contributed by atoms with van der Waals surface area (Å²) in [5.41, 5.74) is 4.78. The summed E-state index contributed by atoms with van der Waals surface area (Å²) in [7, 11) is 0. The van der Waals surface area contributed by atoms with Crippen LogP contribution < -0.4 is 5.32 Å². The predicted octanol–water partition coefficient (Wildman–Crippen LogP) is 6.87. The van der Waals surface area contributed by atoms with E-state index in [9.17, 15) is 4.79 Å². The molecule has 2 nitrogen and oxygen atoms in total. The van der Waals surface area contributed by atoms with Crippen LogP contribution in [0.15, 0.2) is 89.4 Å². The molecule has 0 bridgehead atoms. The Balaban J connectivity index is 2.09. The molecular formula is C26H26BrNO. The molecule has 0 saturated heterocycles. The minimum Gasteiger partial charge on any atom is -0.380 e. The third-order valence-electron chi connectivity index (χ3n) is 4.79. The van der Waals surface area contributed by atoms with Crippen LogP contribution in [0.25, 0.3) is 11.3 Å². The topological polar surface area (TPSA) is 29.1 Å². The van der Waals surface area contributed by atoms with Gasteiger partial charge in [-0.3, -0.25) is 4.79 Å². The first kappa shape index (κ1) is 21.1. The smallest absolute Gasteiger partial charge is 0.165 e. The Kier molecular flexibility index (Phi) is 7.83. The van der Waals surface area contributed by atoms with Gasteiger partial charge >= 0.3 is 0 Å². The van der Waals surface area contributed by atoms with Crippen molar-refractivity contribution in [2.75, 3.05) is 0 Å². The maximum atomic E-state index is 13.3. The SMILES string of the molecule is CCCCC(=O)/C(=C(/NCc1ccccc1)c1ccc(Br)cc1)c1ccccc1. The first-order valence-corrected chi connectivity index (χ1v) is 10.8.